The second kappa shape index (κ2) is 6.35. The van der Waals surface area contributed by atoms with E-state index in [1.54, 1.807) is 4.90 Å². The first-order chi connectivity index (χ1) is 13.6. The van der Waals surface area contributed by atoms with Gasteiger partial charge in [0, 0.05) is 22.1 Å². The number of benzene rings is 2. The van der Waals surface area contributed by atoms with Crippen LogP contribution in [0.3, 0.4) is 0 Å². The molecule has 0 bridgehead atoms. The van der Waals surface area contributed by atoms with Crippen LogP contribution >= 0.6 is 27.3 Å². The lowest BCUT2D eigenvalue weighted by atomic mass is 10.1. The molecule has 138 valence electrons. The van der Waals surface area contributed by atoms with Crippen molar-refractivity contribution >= 4 is 49.4 Å². The summed E-state index contributed by atoms with van der Waals surface area (Å²) in [5.41, 5.74) is 2.54. The molecule has 0 N–H and O–H groups in total. The molecule has 1 aliphatic heterocycles. The van der Waals surface area contributed by atoms with Crippen molar-refractivity contribution < 1.29 is 4.79 Å². The van der Waals surface area contributed by atoms with Crippen molar-refractivity contribution in [2.24, 2.45) is 0 Å². The quantitative estimate of drug-likeness (QED) is 0.468. The lowest BCUT2D eigenvalue weighted by Gasteiger charge is -2.13. The van der Waals surface area contributed by atoms with Crippen LogP contribution in [-0.4, -0.2) is 27.0 Å². The lowest BCUT2D eigenvalue weighted by Crippen LogP contribution is -2.32. The number of para-hydroxylation sites is 1. The van der Waals surface area contributed by atoms with E-state index >= 15 is 0 Å². The molecule has 0 spiro atoms. The van der Waals surface area contributed by atoms with Crippen LogP contribution in [0.15, 0.2) is 57.8 Å². The molecule has 0 saturated heterocycles. The van der Waals surface area contributed by atoms with Gasteiger partial charge in [-0.05, 0) is 25.1 Å². The van der Waals surface area contributed by atoms with Crippen LogP contribution in [0.5, 0.6) is 0 Å². The first kappa shape index (κ1) is 17.3. The molecular weight excluding hydrogens is 440 g/mol. The highest BCUT2D eigenvalue weighted by atomic mass is 79.9. The van der Waals surface area contributed by atoms with Gasteiger partial charge in [0.2, 0.25) is 4.96 Å². The fourth-order valence-electron chi connectivity index (χ4n) is 3.46. The largest absolute Gasteiger partial charge is 0.308 e. The zero-order valence-corrected chi connectivity index (χ0v) is 17.1. The van der Waals surface area contributed by atoms with Crippen molar-refractivity contribution in [3.63, 3.8) is 0 Å². The number of carbonyl (C=O) groups excluding carboxylic acids is 1. The lowest BCUT2D eigenvalue weighted by molar-refractivity contribution is -0.113. The number of amides is 1. The SMILES string of the molecule is CCN1C(=O)/C(=c2\sc3nc(-c4ccccc4Br)nn3c2=O)c2ccccc21. The Labute approximate surface area is 171 Å². The number of carbonyl (C=O) groups is 1. The van der Waals surface area contributed by atoms with Crippen LogP contribution in [0.25, 0.3) is 21.9 Å². The minimum atomic E-state index is -0.318. The molecule has 3 heterocycles. The number of fused-ring (bicyclic) bond motifs is 2. The van der Waals surface area contributed by atoms with Gasteiger partial charge in [0.25, 0.3) is 11.5 Å². The molecule has 0 radical (unpaired) electrons. The van der Waals surface area contributed by atoms with Crippen molar-refractivity contribution in [2.45, 2.75) is 6.92 Å². The summed E-state index contributed by atoms with van der Waals surface area (Å²) in [5.74, 6) is 0.317. The summed E-state index contributed by atoms with van der Waals surface area (Å²) < 4.78 is 2.52. The van der Waals surface area contributed by atoms with Crippen molar-refractivity contribution in [3.05, 3.63) is 73.5 Å². The minimum Gasteiger partial charge on any atom is -0.308 e. The molecule has 0 aliphatic carbocycles. The second-order valence-corrected chi connectivity index (χ2v) is 8.12. The van der Waals surface area contributed by atoms with Crippen LogP contribution in [0.1, 0.15) is 12.5 Å². The zero-order valence-electron chi connectivity index (χ0n) is 14.7. The first-order valence-corrected chi connectivity index (χ1v) is 10.3. The van der Waals surface area contributed by atoms with Gasteiger partial charge in [-0.15, -0.1) is 5.10 Å². The van der Waals surface area contributed by atoms with Gasteiger partial charge in [0.1, 0.15) is 4.53 Å². The second-order valence-electron chi connectivity index (χ2n) is 6.29. The molecule has 1 amide bonds. The maximum absolute atomic E-state index is 13.1. The highest BCUT2D eigenvalue weighted by Crippen LogP contribution is 2.35. The highest BCUT2D eigenvalue weighted by molar-refractivity contribution is 9.10. The number of rotatable bonds is 2. The van der Waals surface area contributed by atoms with Crippen LogP contribution in [0, 0.1) is 0 Å². The Balaban J connectivity index is 1.76. The average Bonchev–Trinajstić information content (AvgIpc) is 3.32. The number of nitrogens with zero attached hydrogens (tertiary/aromatic N) is 4. The molecule has 0 atom stereocenters. The Hall–Kier alpha value is -2.84. The number of anilines is 1. The molecular formula is C20H13BrN4O2S. The molecule has 28 heavy (non-hydrogen) atoms. The first-order valence-electron chi connectivity index (χ1n) is 8.70. The Bertz CT molecular complexity index is 1370. The van der Waals surface area contributed by atoms with E-state index < -0.39 is 0 Å². The summed E-state index contributed by atoms with van der Waals surface area (Å²) in [5, 5.41) is 4.39. The van der Waals surface area contributed by atoms with Gasteiger partial charge < -0.3 is 4.90 Å². The third-order valence-electron chi connectivity index (χ3n) is 4.74. The Morgan fingerprint density at radius 2 is 1.75 bits per heavy atom. The summed E-state index contributed by atoms with van der Waals surface area (Å²) in [6.45, 7) is 2.46. The van der Waals surface area contributed by atoms with E-state index in [9.17, 15) is 9.59 Å². The number of thiazole rings is 1. The van der Waals surface area contributed by atoms with Gasteiger partial charge in [0.15, 0.2) is 5.82 Å². The summed E-state index contributed by atoms with van der Waals surface area (Å²) in [6, 6.07) is 15.1. The normalized spacial score (nSPS) is 15.5. The summed E-state index contributed by atoms with van der Waals surface area (Å²) in [4.78, 5) is 32.7. The van der Waals surface area contributed by atoms with E-state index in [1.165, 1.54) is 15.9 Å². The summed E-state index contributed by atoms with van der Waals surface area (Å²) in [6.07, 6.45) is 0. The summed E-state index contributed by atoms with van der Waals surface area (Å²) >= 11 is 4.69. The van der Waals surface area contributed by atoms with Gasteiger partial charge in [-0.1, -0.05) is 57.6 Å². The Kier molecular flexibility index (Phi) is 3.92. The maximum atomic E-state index is 13.1. The van der Waals surface area contributed by atoms with Crippen LogP contribution in [0.4, 0.5) is 5.69 Å². The molecule has 6 nitrogen and oxygen atoms in total. The fraction of sp³-hybridized carbons (Fsp3) is 0.100. The van der Waals surface area contributed by atoms with Crippen molar-refractivity contribution in [1.82, 2.24) is 14.6 Å². The molecule has 2 aromatic carbocycles. The number of halogens is 1. The van der Waals surface area contributed by atoms with Crippen molar-refractivity contribution in [1.29, 1.82) is 0 Å². The number of hydrogen-bond donors (Lipinski definition) is 0. The van der Waals surface area contributed by atoms with Crippen LogP contribution in [-0.2, 0) is 4.79 Å². The van der Waals surface area contributed by atoms with E-state index in [2.05, 4.69) is 26.0 Å². The minimum absolute atomic E-state index is 0.156. The predicted octanol–water partition coefficient (Wildman–Crippen LogP) is 2.86. The smallest absolute Gasteiger partial charge is 0.291 e. The van der Waals surface area contributed by atoms with E-state index in [4.69, 9.17) is 0 Å². The summed E-state index contributed by atoms with van der Waals surface area (Å²) in [7, 11) is 0. The van der Waals surface area contributed by atoms with Gasteiger partial charge >= 0.3 is 0 Å². The topological polar surface area (TPSA) is 67.6 Å². The number of aromatic nitrogens is 3. The molecule has 5 rings (SSSR count). The van der Waals surface area contributed by atoms with Gasteiger partial charge in [-0.3, -0.25) is 9.59 Å². The standard InChI is InChI=1S/C20H13BrN4O2S/c1-2-24-14-10-6-4-8-12(14)15(18(24)26)16-19(27)25-20(28-16)22-17(23-25)11-7-3-5-9-13(11)21/h3-10H,2H2,1H3/b16-15-. The molecule has 2 aromatic heterocycles. The average molecular weight is 453 g/mol. The third kappa shape index (κ3) is 2.38. The highest BCUT2D eigenvalue weighted by Gasteiger charge is 2.33. The van der Waals surface area contributed by atoms with E-state index in [0.717, 1.165) is 21.3 Å². The Morgan fingerprint density at radius 3 is 2.46 bits per heavy atom. The maximum Gasteiger partial charge on any atom is 0.291 e. The molecule has 1 aliphatic rings. The molecule has 0 fully saturated rings. The van der Waals surface area contributed by atoms with Crippen LogP contribution < -0.4 is 15.0 Å². The van der Waals surface area contributed by atoms with E-state index in [-0.39, 0.29) is 11.5 Å². The predicted molar refractivity (Wildman–Crippen MR) is 112 cm³/mol. The third-order valence-corrected chi connectivity index (χ3v) is 6.46. The van der Waals surface area contributed by atoms with Crippen LogP contribution in [0.2, 0.25) is 0 Å². The van der Waals surface area contributed by atoms with E-state index in [0.29, 0.717) is 27.4 Å². The number of likely N-dealkylation sites (N-methyl/N-ethyl adjacent to an activating group) is 1. The number of hydrogen-bond acceptors (Lipinski definition) is 5. The zero-order chi connectivity index (χ0) is 19.4. The van der Waals surface area contributed by atoms with Gasteiger partial charge in [-0.25, -0.2) is 0 Å². The monoisotopic (exact) mass is 452 g/mol. The molecule has 8 heteroatoms. The fourth-order valence-corrected chi connectivity index (χ4v) is 4.92. The molecule has 4 aromatic rings. The van der Waals surface area contributed by atoms with E-state index in [1.807, 2.05) is 55.5 Å². The van der Waals surface area contributed by atoms with Crippen molar-refractivity contribution in [3.8, 4) is 11.4 Å². The van der Waals surface area contributed by atoms with Gasteiger partial charge in [0.05, 0.1) is 11.3 Å². The molecule has 0 unspecified atom stereocenters. The van der Waals surface area contributed by atoms with Crippen molar-refractivity contribution in [2.75, 3.05) is 11.4 Å². The Morgan fingerprint density at radius 1 is 1.04 bits per heavy atom. The molecule has 0 saturated carbocycles. The van der Waals surface area contributed by atoms with Gasteiger partial charge in [-0.2, -0.15) is 9.50 Å².